The lowest BCUT2D eigenvalue weighted by Crippen LogP contribution is -2.51. The molecule has 198 valence electrons. The second-order valence-electron chi connectivity index (χ2n) is 9.62. The number of amides is 2. The van der Waals surface area contributed by atoms with Crippen LogP contribution in [0.25, 0.3) is 11.0 Å². The Labute approximate surface area is 220 Å². The number of benzene rings is 2. The number of esters is 1. The molecule has 2 aromatic heterocycles. The van der Waals surface area contributed by atoms with Gasteiger partial charge >= 0.3 is 5.97 Å². The molecule has 10 nitrogen and oxygen atoms in total. The molecule has 2 amide bonds. The van der Waals surface area contributed by atoms with E-state index >= 15 is 0 Å². The molecule has 0 bridgehead atoms. The minimum absolute atomic E-state index is 0.205. The van der Waals surface area contributed by atoms with Crippen molar-refractivity contribution in [2.75, 3.05) is 12.0 Å². The SMILES string of the molecule is CCC(C)(C)NC(=O)C(c1ccc(C)o1)N(C(=O)Cn1nnc2ccccc21)c1cccc(C(=O)OC)c1. The van der Waals surface area contributed by atoms with Crippen molar-refractivity contribution in [1.82, 2.24) is 20.3 Å². The summed E-state index contributed by atoms with van der Waals surface area (Å²) in [5.74, 6) is -0.571. The van der Waals surface area contributed by atoms with Crippen LogP contribution in [0.1, 0.15) is 55.1 Å². The Balaban J connectivity index is 1.84. The zero-order valence-electron chi connectivity index (χ0n) is 22.1. The Kier molecular flexibility index (Phi) is 7.61. The van der Waals surface area contributed by atoms with Gasteiger partial charge in [-0.2, -0.15) is 0 Å². The van der Waals surface area contributed by atoms with Crippen molar-refractivity contribution in [3.63, 3.8) is 0 Å². The number of ether oxygens (including phenoxy) is 1. The number of nitrogens with zero attached hydrogens (tertiary/aromatic N) is 4. The third-order valence-corrected chi connectivity index (χ3v) is 6.40. The number of hydrogen-bond donors (Lipinski definition) is 1. The molecule has 0 radical (unpaired) electrons. The van der Waals surface area contributed by atoms with Gasteiger partial charge in [0.15, 0.2) is 6.04 Å². The van der Waals surface area contributed by atoms with E-state index in [2.05, 4.69) is 15.6 Å². The first-order chi connectivity index (χ1) is 18.1. The van der Waals surface area contributed by atoms with Crippen LogP contribution in [0.2, 0.25) is 0 Å². The molecule has 1 N–H and O–H groups in total. The monoisotopic (exact) mass is 517 g/mol. The molecule has 0 fully saturated rings. The van der Waals surface area contributed by atoms with Crippen LogP contribution in [0.5, 0.6) is 0 Å². The van der Waals surface area contributed by atoms with Gasteiger partial charge in [-0.25, -0.2) is 9.48 Å². The fourth-order valence-electron chi connectivity index (χ4n) is 4.04. The van der Waals surface area contributed by atoms with Crippen LogP contribution in [0, 0.1) is 6.92 Å². The normalized spacial score (nSPS) is 12.2. The molecule has 2 aromatic carbocycles. The molecule has 38 heavy (non-hydrogen) atoms. The molecule has 4 aromatic rings. The van der Waals surface area contributed by atoms with Gasteiger partial charge in [-0.05, 0) is 69.7 Å². The molecule has 4 rings (SSSR count). The fraction of sp³-hybridized carbons (Fsp3) is 0.321. The number of nitrogens with one attached hydrogen (secondary N) is 1. The molecule has 0 aliphatic carbocycles. The van der Waals surface area contributed by atoms with Crippen molar-refractivity contribution in [2.24, 2.45) is 0 Å². The van der Waals surface area contributed by atoms with E-state index in [0.717, 1.165) is 0 Å². The number of fused-ring (bicyclic) bond motifs is 1. The van der Waals surface area contributed by atoms with E-state index in [0.29, 0.717) is 28.9 Å². The van der Waals surface area contributed by atoms with E-state index in [1.807, 2.05) is 39.0 Å². The highest BCUT2D eigenvalue weighted by Gasteiger charge is 2.37. The van der Waals surface area contributed by atoms with E-state index in [1.165, 1.54) is 22.8 Å². The summed E-state index contributed by atoms with van der Waals surface area (Å²) < 4.78 is 12.2. The maximum absolute atomic E-state index is 14.1. The molecule has 0 aliphatic rings. The summed E-state index contributed by atoms with van der Waals surface area (Å²) in [7, 11) is 1.28. The van der Waals surface area contributed by atoms with Gasteiger partial charge in [-0.1, -0.05) is 30.3 Å². The van der Waals surface area contributed by atoms with Crippen molar-refractivity contribution in [3.8, 4) is 0 Å². The fourth-order valence-corrected chi connectivity index (χ4v) is 4.04. The van der Waals surface area contributed by atoms with E-state index in [9.17, 15) is 14.4 Å². The molecule has 1 atom stereocenters. The number of furan rings is 1. The van der Waals surface area contributed by atoms with Crippen LogP contribution in [0.4, 0.5) is 5.69 Å². The third-order valence-electron chi connectivity index (χ3n) is 6.40. The first-order valence-electron chi connectivity index (χ1n) is 12.3. The summed E-state index contributed by atoms with van der Waals surface area (Å²) in [5, 5.41) is 11.3. The Morgan fingerprint density at radius 3 is 2.55 bits per heavy atom. The molecule has 10 heteroatoms. The van der Waals surface area contributed by atoms with Crippen LogP contribution in [0.3, 0.4) is 0 Å². The summed E-state index contributed by atoms with van der Waals surface area (Å²) in [6, 6.07) is 15.9. The quantitative estimate of drug-likeness (QED) is 0.331. The maximum Gasteiger partial charge on any atom is 0.337 e. The predicted molar refractivity (Wildman–Crippen MR) is 141 cm³/mol. The highest BCUT2D eigenvalue weighted by molar-refractivity contribution is 6.02. The number of aryl methyl sites for hydroxylation is 1. The Morgan fingerprint density at radius 1 is 1.11 bits per heavy atom. The zero-order valence-corrected chi connectivity index (χ0v) is 22.1. The van der Waals surface area contributed by atoms with Crippen LogP contribution >= 0.6 is 0 Å². The van der Waals surface area contributed by atoms with Gasteiger partial charge < -0.3 is 14.5 Å². The number of carbonyl (C=O) groups is 3. The van der Waals surface area contributed by atoms with Crippen molar-refractivity contribution in [1.29, 1.82) is 0 Å². The van der Waals surface area contributed by atoms with Gasteiger partial charge in [-0.15, -0.1) is 5.10 Å². The molecule has 0 aliphatic heterocycles. The molecule has 1 unspecified atom stereocenters. The average Bonchev–Trinajstić information content (AvgIpc) is 3.52. The van der Waals surface area contributed by atoms with Gasteiger partial charge in [0.25, 0.3) is 5.91 Å². The summed E-state index contributed by atoms with van der Waals surface area (Å²) in [4.78, 5) is 41.6. The molecular formula is C28H31N5O5. The molecule has 0 saturated carbocycles. The number of aromatic nitrogens is 3. The Hall–Kier alpha value is -4.47. The lowest BCUT2D eigenvalue weighted by atomic mass is 10.0. The van der Waals surface area contributed by atoms with Crippen molar-refractivity contribution < 1.29 is 23.5 Å². The number of hydrogen-bond acceptors (Lipinski definition) is 7. The van der Waals surface area contributed by atoms with E-state index in [1.54, 1.807) is 43.3 Å². The first-order valence-corrected chi connectivity index (χ1v) is 12.3. The molecular weight excluding hydrogens is 486 g/mol. The van der Waals surface area contributed by atoms with Gasteiger partial charge in [-0.3, -0.25) is 14.5 Å². The van der Waals surface area contributed by atoms with E-state index in [4.69, 9.17) is 9.15 Å². The van der Waals surface area contributed by atoms with Gasteiger partial charge in [0.2, 0.25) is 5.91 Å². The van der Waals surface area contributed by atoms with Crippen molar-refractivity contribution in [2.45, 2.75) is 52.2 Å². The van der Waals surface area contributed by atoms with Crippen LogP contribution in [-0.4, -0.2) is 45.4 Å². The van der Waals surface area contributed by atoms with Crippen molar-refractivity contribution in [3.05, 3.63) is 77.7 Å². The summed E-state index contributed by atoms with van der Waals surface area (Å²) in [5.41, 5.74) is 1.33. The summed E-state index contributed by atoms with van der Waals surface area (Å²) in [6.07, 6.45) is 0.666. The Morgan fingerprint density at radius 2 is 1.87 bits per heavy atom. The Bertz CT molecular complexity index is 1470. The molecule has 0 saturated heterocycles. The standard InChI is InChI=1S/C28H31N5O5/c1-6-28(3,4)29-26(35)25(23-15-14-18(2)38-23)33(20-11-9-10-19(16-20)27(36)37-5)24(34)17-32-22-13-8-7-12-21(22)30-31-32/h7-16,25H,6,17H2,1-5H3,(H,29,35). The topological polar surface area (TPSA) is 120 Å². The van der Waals surface area contributed by atoms with Gasteiger partial charge in [0.05, 0.1) is 18.2 Å². The zero-order chi connectivity index (χ0) is 27.4. The number of anilines is 1. The maximum atomic E-state index is 14.1. The second kappa shape index (κ2) is 10.9. The van der Waals surface area contributed by atoms with Crippen LogP contribution < -0.4 is 10.2 Å². The van der Waals surface area contributed by atoms with Gasteiger partial charge in [0.1, 0.15) is 23.6 Å². The van der Waals surface area contributed by atoms with Crippen LogP contribution in [0.15, 0.2) is 65.1 Å². The summed E-state index contributed by atoms with van der Waals surface area (Å²) >= 11 is 0. The lowest BCUT2D eigenvalue weighted by Gasteiger charge is -2.33. The number of rotatable bonds is 9. The van der Waals surface area contributed by atoms with Crippen molar-refractivity contribution >= 4 is 34.5 Å². The number of carbonyl (C=O) groups excluding carboxylic acids is 3. The smallest absolute Gasteiger partial charge is 0.337 e. The molecule has 2 heterocycles. The highest BCUT2D eigenvalue weighted by atomic mass is 16.5. The van der Waals surface area contributed by atoms with Crippen LogP contribution in [-0.2, 0) is 20.9 Å². The minimum atomic E-state index is -1.16. The number of methoxy groups -OCH3 is 1. The third kappa shape index (κ3) is 5.59. The van der Waals surface area contributed by atoms with E-state index in [-0.39, 0.29) is 17.9 Å². The average molecular weight is 518 g/mol. The summed E-state index contributed by atoms with van der Waals surface area (Å²) in [6.45, 7) is 7.33. The minimum Gasteiger partial charge on any atom is -0.465 e. The highest BCUT2D eigenvalue weighted by Crippen LogP contribution is 2.31. The van der Waals surface area contributed by atoms with Gasteiger partial charge in [0, 0.05) is 11.2 Å². The first kappa shape index (κ1) is 26.6. The number of para-hydroxylation sites is 1. The largest absolute Gasteiger partial charge is 0.465 e. The second-order valence-corrected chi connectivity index (χ2v) is 9.62. The van der Waals surface area contributed by atoms with E-state index < -0.39 is 29.4 Å². The predicted octanol–water partition coefficient (Wildman–Crippen LogP) is 4.20. The lowest BCUT2D eigenvalue weighted by molar-refractivity contribution is -0.128. The molecule has 0 spiro atoms.